The number of nitrogens with zero attached hydrogens (tertiary/aromatic N) is 1. The number of nitrogens with one attached hydrogen (secondary N) is 2. The van der Waals surface area contributed by atoms with E-state index in [-0.39, 0.29) is 30.4 Å². The molecule has 3 aromatic rings. The van der Waals surface area contributed by atoms with Gasteiger partial charge in [-0.15, -0.1) is 0 Å². The molecule has 2 N–H and O–H groups in total. The van der Waals surface area contributed by atoms with Crippen LogP contribution in [0, 0.1) is 5.82 Å². The van der Waals surface area contributed by atoms with E-state index in [2.05, 4.69) is 15.3 Å². The van der Waals surface area contributed by atoms with Gasteiger partial charge in [0, 0.05) is 13.0 Å². The van der Waals surface area contributed by atoms with Gasteiger partial charge in [0.2, 0.25) is 0 Å². The van der Waals surface area contributed by atoms with E-state index in [1.54, 1.807) is 36.4 Å². The van der Waals surface area contributed by atoms with E-state index in [9.17, 15) is 14.0 Å². The molecule has 25 heavy (non-hydrogen) atoms. The van der Waals surface area contributed by atoms with Gasteiger partial charge in [0.15, 0.2) is 18.2 Å². The summed E-state index contributed by atoms with van der Waals surface area (Å²) in [4.78, 5) is 30.7. The van der Waals surface area contributed by atoms with Crippen molar-refractivity contribution in [2.24, 2.45) is 0 Å². The summed E-state index contributed by atoms with van der Waals surface area (Å²) in [5.41, 5.74) is 0.394. The van der Waals surface area contributed by atoms with Gasteiger partial charge in [-0.05, 0) is 24.3 Å². The third-order valence-electron chi connectivity index (χ3n) is 3.54. The lowest BCUT2D eigenvalue weighted by Crippen LogP contribution is -2.31. The predicted molar refractivity (Wildman–Crippen MR) is 91.0 cm³/mol. The molecule has 0 aliphatic carbocycles. The lowest BCUT2D eigenvalue weighted by molar-refractivity contribution is -0.123. The molecule has 0 spiro atoms. The van der Waals surface area contributed by atoms with Gasteiger partial charge >= 0.3 is 0 Å². The fourth-order valence-electron chi connectivity index (χ4n) is 2.33. The Morgan fingerprint density at radius 1 is 1.16 bits per heavy atom. The van der Waals surface area contributed by atoms with E-state index < -0.39 is 5.82 Å². The molecule has 0 fully saturated rings. The van der Waals surface area contributed by atoms with Gasteiger partial charge < -0.3 is 15.0 Å². The van der Waals surface area contributed by atoms with E-state index in [1.165, 1.54) is 12.1 Å². The number of aromatic nitrogens is 2. The number of fused-ring (bicyclic) bond motifs is 1. The van der Waals surface area contributed by atoms with E-state index >= 15 is 0 Å². The first-order valence-electron chi connectivity index (χ1n) is 7.75. The summed E-state index contributed by atoms with van der Waals surface area (Å²) in [6.45, 7) is -0.0106. The lowest BCUT2D eigenvalue weighted by atomic mass is 10.2. The maximum absolute atomic E-state index is 13.4. The molecule has 0 atom stereocenters. The molecular weight excluding hydrogens is 325 g/mol. The second-order valence-electron chi connectivity index (χ2n) is 5.35. The first-order chi connectivity index (χ1) is 12.1. The Kier molecular flexibility index (Phi) is 5.03. The van der Waals surface area contributed by atoms with Crippen LogP contribution in [0.3, 0.4) is 0 Å². The first kappa shape index (κ1) is 16.6. The maximum atomic E-state index is 13.4. The smallest absolute Gasteiger partial charge is 0.258 e. The number of ether oxygens (including phenoxy) is 1. The molecule has 2 aromatic carbocycles. The zero-order chi connectivity index (χ0) is 17.6. The molecular formula is C18H16FN3O3. The van der Waals surface area contributed by atoms with Crippen LogP contribution in [0.4, 0.5) is 4.39 Å². The molecule has 0 saturated carbocycles. The lowest BCUT2D eigenvalue weighted by Gasteiger charge is -2.08. The number of rotatable bonds is 6. The average Bonchev–Trinajstić information content (AvgIpc) is 2.61. The van der Waals surface area contributed by atoms with Crippen molar-refractivity contribution < 1.29 is 13.9 Å². The molecule has 1 aromatic heterocycles. The molecule has 0 saturated heterocycles. The largest absolute Gasteiger partial charge is 0.481 e. The van der Waals surface area contributed by atoms with Crippen molar-refractivity contribution in [2.45, 2.75) is 6.42 Å². The first-order valence-corrected chi connectivity index (χ1v) is 7.75. The van der Waals surface area contributed by atoms with Crippen molar-refractivity contribution in [2.75, 3.05) is 13.2 Å². The van der Waals surface area contributed by atoms with Gasteiger partial charge in [-0.3, -0.25) is 9.59 Å². The van der Waals surface area contributed by atoms with E-state index in [4.69, 9.17) is 4.74 Å². The van der Waals surface area contributed by atoms with Crippen molar-refractivity contribution >= 4 is 16.8 Å². The van der Waals surface area contributed by atoms with Crippen molar-refractivity contribution in [1.29, 1.82) is 0 Å². The molecule has 6 nitrogen and oxygen atoms in total. The molecule has 0 unspecified atom stereocenters. The van der Waals surface area contributed by atoms with Crippen LogP contribution < -0.4 is 15.6 Å². The van der Waals surface area contributed by atoms with Gasteiger partial charge in [-0.1, -0.05) is 24.3 Å². The van der Waals surface area contributed by atoms with Crippen LogP contribution in [0.15, 0.2) is 53.3 Å². The number of halogens is 1. The van der Waals surface area contributed by atoms with Crippen LogP contribution >= 0.6 is 0 Å². The molecule has 0 aliphatic heterocycles. The normalized spacial score (nSPS) is 10.6. The monoisotopic (exact) mass is 341 g/mol. The third-order valence-corrected chi connectivity index (χ3v) is 3.54. The van der Waals surface area contributed by atoms with Crippen LogP contribution in [-0.4, -0.2) is 29.0 Å². The molecule has 128 valence electrons. The van der Waals surface area contributed by atoms with E-state index in [0.717, 1.165) is 0 Å². The highest BCUT2D eigenvalue weighted by molar-refractivity contribution is 5.78. The molecule has 0 bridgehead atoms. The topological polar surface area (TPSA) is 84.1 Å². The number of hydrogen-bond donors (Lipinski definition) is 2. The SMILES string of the molecule is O=C(COc1ccccc1F)NCCc1nc2ccccc2c(=O)[nH]1. The van der Waals surface area contributed by atoms with Gasteiger partial charge in [-0.25, -0.2) is 9.37 Å². The molecule has 1 amide bonds. The summed E-state index contributed by atoms with van der Waals surface area (Å²) >= 11 is 0. The van der Waals surface area contributed by atoms with Gasteiger partial charge in [-0.2, -0.15) is 0 Å². The summed E-state index contributed by atoms with van der Waals surface area (Å²) < 4.78 is 18.5. The van der Waals surface area contributed by atoms with E-state index in [0.29, 0.717) is 23.1 Å². The molecule has 7 heteroatoms. The van der Waals surface area contributed by atoms with Crippen LogP contribution in [0.25, 0.3) is 10.9 Å². The Hall–Kier alpha value is -3.22. The van der Waals surface area contributed by atoms with Crippen LogP contribution in [0.1, 0.15) is 5.82 Å². The number of carbonyl (C=O) groups is 1. The Morgan fingerprint density at radius 2 is 1.92 bits per heavy atom. The van der Waals surface area contributed by atoms with Crippen molar-refractivity contribution in [3.8, 4) is 5.75 Å². The standard InChI is InChI=1S/C18H16FN3O3/c19-13-6-2-4-8-15(13)25-11-17(23)20-10-9-16-21-14-7-3-1-5-12(14)18(24)22-16/h1-8H,9-11H2,(H,20,23)(H,21,22,24). The fraction of sp³-hybridized carbons (Fsp3) is 0.167. The quantitative estimate of drug-likeness (QED) is 0.716. The van der Waals surface area contributed by atoms with Gasteiger partial charge in [0.05, 0.1) is 10.9 Å². The number of benzene rings is 2. The second-order valence-corrected chi connectivity index (χ2v) is 5.35. The summed E-state index contributed by atoms with van der Waals surface area (Å²) in [5.74, 6) is -0.392. The Balaban J connectivity index is 1.52. The van der Waals surface area contributed by atoms with Crippen molar-refractivity contribution in [3.05, 3.63) is 70.5 Å². The number of para-hydroxylation sites is 2. The minimum absolute atomic E-state index is 0.0261. The van der Waals surface area contributed by atoms with Crippen molar-refractivity contribution in [1.82, 2.24) is 15.3 Å². The minimum atomic E-state index is -0.520. The molecule has 0 radical (unpaired) electrons. The fourth-order valence-corrected chi connectivity index (χ4v) is 2.33. The number of aromatic amines is 1. The van der Waals surface area contributed by atoms with E-state index in [1.807, 2.05) is 0 Å². The van der Waals surface area contributed by atoms with Gasteiger partial charge in [0.1, 0.15) is 5.82 Å². The Morgan fingerprint density at radius 3 is 2.76 bits per heavy atom. The molecule has 3 rings (SSSR count). The predicted octanol–water partition coefficient (Wildman–Crippen LogP) is 1.80. The number of hydrogen-bond acceptors (Lipinski definition) is 4. The summed E-state index contributed by atoms with van der Waals surface area (Å²) in [6, 6.07) is 12.9. The van der Waals surface area contributed by atoms with Crippen LogP contribution in [-0.2, 0) is 11.2 Å². The number of H-pyrrole nitrogens is 1. The highest BCUT2D eigenvalue weighted by atomic mass is 19.1. The summed E-state index contributed by atoms with van der Waals surface area (Å²) in [5, 5.41) is 3.16. The van der Waals surface area contributed by atoms with Crippen LogP contribution in [0.2, 0.25) is 0 Å². The average molecular weight is 341 g/mol. The maximum Gasteiger partial charge on any atom is 0.258 e. The summed E-state index contributed by atoms with van der Waals surface area (Å²) in [6.07, 6.45) is 0.367. The number of amides is 1. The highest BCUT2D eigenvalue weighted by Gasteiger charge is 2.07. The second kappa shape index (κ2) is 7.57. The third kappa shape index (κ3) is 4.20. The Bertz CT molecular complexity index is 955. The van der Waals surface area contributed by atoms with Crippen molar-refractivity contribution in [3.63, 3.8) is 0 Å². The molecule has 1 heterocycles. The van der Waals surface area contributed by atoms with Crippen LogP contribution in [0.5, 0.6) is 5.75 Å². The number of carbonyl (C=O) groups excluding carboxylic acids is 1. The Labute approximate surface area is 142 Å². The summed E-state index contributed by atoms with van der Waals surface area (Å²) in [7, 11) is 0. The highest BCUT2D eigenvalue weighted by Crippen LogP contribution is 2.14. The zero-order valence-corrected chi connectivity index (χ0v) is 13.3. The van der Waals surface area contributed by atoms with Gasteiger partial charge in [0.25, 0.3) is 11.5 Å². The minimum Gasteiger partial charge on any atom is -0.481 e. The zero-order valence-electron chi connectivity index (χ0n) is 13.3. The molecule has 0 aliphatic rings.